The predicted molar refractivity (Wildman–Crippen MR) is 77.9 cm³/mol. The molecule has 0 aromatic rings. The lowest BCUT2D eigenvalue weighted by Gasteiger charge is -2.37. The summed E-state index contributed by atoms with van der Waals surface area (Å²) in [6.45, 7) is 5.49. The quantitative estimate of drug-likeness (QED) is 0.734. The minimum atomic E-state index is -3.13. The number of hydrogen-bond donors (Lipinski definition) is 0. The van der Waals surface area contributed by atoms with Crippen molar-refractivity contribution >= 4 is 15.9 Å². The van der Waals surface area contributed by atoms with Gasteiger partial charge in [0.1, 0.15) is 0 Å². The molecule has 2 fully saturated rings. The topological polar surface area (TPSA) is 60.9 Å². The summed E-state index contributed by atoms with van der Waals surface area (Å²) in [5, 5.41) is 0. The number of rotatable bonds is 3. The molecule has 2 aliphatic heterocycles. The van der Waals surface area contributed by atoms with Crippen molar-refractivity contribution < 1.29 is 13.2 Å². The van der Waals surface area contributed by atoms with Crippen LogP contribution in [0.15, 0.2) is 0 Å². The lowest BCUT2D eigenvalue weighted by atomic mass is 10.0. The molecule has 2 heterocycles. The molecule has 0 aromatic carbocycles. The Morgan fingerprint density at radius 3 is 2.30 bits per heavy atom. The second-order valence-electron chi connectivity index (χ2n) is 5.86. The zero-order valence-electron chi connectivity index (χ0n) is 12.4. The Balaban J connectivity index is 1.83. The number of piperidine rings is 1. The van der Waals surface area contributed by atoms with E-state index in [1.165, 1.54) is 23.4 Å². The summed E-state index contributed by atoms with van der Waals surface area (Å²) in [6, 6.07) is 0.477. The summed E-state index contributed by atoms with van der Waals surface area (Å²) in [7, 11) is -3.13. The van der Waals surface area contributed by atoms with E-state index in [9.17, 15) is 13.2 Å². The molecule has 1 unspecified atom stereocenters. The van der Waals surface area contributed by atoms with Crippen molar-refractivity contribution in [2.45, 2.75) is 32.2 Å². The van der Waals surface area contributed by atoms with Crippen LogP contribution in [0.5, 0.6) is 0 Å². The minimum absolute atomic E-state index is 0.131. The molecule has 2 rings (SSSR count). The third-order valence-corrected chi connectivity index (χ3v) is 5.64. The highest BCUT2D eigenvalue weighted by Crippen LogP contribution is 2.16. The van der Waals surface area contributed by atoms with Crippen molar-refractivity contribution in [3.63, 3.8) is 0 Å². The van der Waals surface area contributed by atoms with Gasteiger partial charge in [0.25, 0.3) is 0 Å². The Hall–Kier alpha value is -0.660. The molecule has 0 spiro atoms. The molecule has 2 aliphatic rings. The summed E-state index contributed by atoms with van der Waals surface area (Å²) in [4.78, 5) is 16.3. The van der Waals surface area contributed by atoms with E-state index in [4.69, 9.17) is 0 Å². The summed E-state index contributed by atoms with van der Waals surface area (Å²) >= 11 is 0. The molecular formula is C13H25N3O3S. The average Bonchev–Trinajstić information content (AvgIpc) is 2.40. The van der Waals surface area contributed by atoms with Crippen LogP contribution in [0.25, 0.3) is 0 Å². The van der Waals surface area contributed by atoms with Crippen molar-refractivity contribution in [3.8, 4) is 0 Å². The molecule has 1 amide bonds. The maximum absolute atomic E-state index is 12.3. The van der Waals surface area contributed by atoms with Gasteiger partial charge < -0.3 is 4.90 Å². The molecule has 7 heteroatoms. The molecule has 116 valence electrons. The van der Waals surface area contributed by atoms with Gasteiger partial charge in [-0.25, -0.2) is 8.42 Å². The van der Waals surface area contributed by atoms with E-state index in [2.05, 4.69) is 11.8 Å². The van der Waals surface area contributed by atoms with Gasteiger partial charge in [-0.15, -0.1) is 0 Å². The SMILES string of the molecule is CC1CCCCN1CC(=O)N1CCN(S(C)(=O)=O)CC1. The molecule has 0 saturated carbocycles. The van der Waals surface area contributed by atoms with Gasteiger partial charge in [0.05, 0.1) is 12.8 Å². The molecule has 0 aliphatic carbocycles. The van der Waals surface area contributed by atoms with Gasteiger partial charge in [-0.05, 0) is 26.3 Å². The smallest absolute Gasteiger partial charge is 0.236 e. The molecule has 0 bridgehead atoms. The first-order chi connectivity index (χ1) is 9.38. The number of hydrogen-bond acceptors (Lipinski definition) is 4. The van der Waals surface area contributed by atoms with E-state index in [-0.39, 0.29) is 5.91 Å². The molecular weight excluding hydrogens is 278 g/mol. The number of carbonyl (C=O) groups is 1. The predicted octanol–water partition coefficient (Wildman–Crippen LogP) is -0.0354. The lowest BCUT2D eigenvalue weighted by molar-refractivity contribution is -0.134. The number of carbonyl (C=O) groups excluding carboxylic acids is 1. The van der Waals surface area contributed by atoms with Crippen LogP contribution in [0.2, 0.25) is 0 Å². The average molecular weight is 303 g/mol. The van der Waals surface area contributed by atoms with Gasteiger partial charge in [0, 0.05) is 32.2 Å². The Morgan fingerprint density at radius 1 is 1.10 bits per heavy atom. The van der Waals surface area contributed by atoms with Crippen molar-refractivity contribution in [2.75, 3.05) is 45.5 Å². The second-order valence-corrected chi connectivity index (χ2v) is 7.84. The summed E-state index contributed by atoms with van der Waals surface area (Å²) in [6.07, 6.45) is 4.80. The minimum Gasteiger partial charge on any atom is -0.339 e. The summed E-state index contributed by atoms with van der Waals surface area (Å²) < 4.78 is 24.3. The first-order valence-corrected chi connectivity index (χ1v) is 9.19. The number of sulfonamides is 1. The van der Waals surface area contributed by atoms with Gasteiger partial charge in [0.15, 0.2) is 0 Å². The number of amides is 1. The fourth-order valence-electron chi connectivity index (χ4n) is 2.94. The first-order valence-electron chi connectivity index (χ1n) is 7.35. The van der Waals surface area contributed by atoms with E-state index in [1.54, 1.807) is 4.90 Å². The van der Waals surface area contributed by atoms with Crippen molar-refractivity contribution in [1.29, 1.82) is 0 Å². The second kappa shape index (κ2) is 6.41. The summed E-state index contributed by atoms with van der Waals surface area (Å²) in [5.41, 5.74) is 0. The third kappa shape index (κ3) is 3.93. The highest BCUT2D eigenvalue weighted by Gasteiger charge is 2.28. The molecule has 0 aromatic heterocycles. The van der Waals surface area contributed by atoms with Crippen LogP contribution < -0.4 is 0 Å². The highest BCUT2D eigenvalue weighted by molar-refractivity contribution is 7.88. The Morgan fingerprint density at radius 2 is 1.75 bits per heavy atom. The van der Waals surface area contributed by atoms with Crippen LogP contribution in [-0.2, 0) is 14.8 Å². The van der Waals surface area contributed by atoms with Gasteiger partial charge in [-0.1, -0.05) is 6.42 Å². The standard InChI is InChI=1S/C13H25N3O3S/c1-12-5-3-4-6-15(12)11-13(17)14-7-9-16(10-8-14)20(2,18)19/h12H,3-11H2,1-2H3. The third-order valence-electron chi connectivity index (χ3n) is 4.34. The Bertz CT molecular complexity index is 444. The molecule has 2 saturated heterocycles. The van der Waals surface area contributed by atoms with Crippen LogP contribution in [0, 0.1) is 0 Å². The van der Waals surface area contributed by atoms with Crippen molar-refractivity contribution in [2.24, 2.45) is 0 Å². The molecule has 20 heavy (non-hydrogen) atoms. The van der Waals surface area contributed by atoms with E-state index in [0.717, 1.165) is 13.0 Å². The molecule has 6 nitrogen and oxygen atoms in total. The van der Waals surface area contributed by atoms with Crippen molar-refractivity contribution in [1.82, 2.24) is 14.1 Å². The fourth-order valence-corrected chi connectivity index (χ4v) is 3.76. The normalized spacial score (nSPS) is 26.7. The Labute approximate surface area is 121 Å². The van der Waals surface area contributed by atoms with Crippen LogP contribution in [0.1, 0.15) is 26.2 Å². The van der Waals surface area contributed by atoms with Crippen LogP contribution >= 0.6 is 0 Å². The zero-order chi connectivity index (χ0) is 14.8. The van der Waals surface area contributed by atoms with Gasteiger partial charge in [-0.3, -0.25) is 9.69 Å². The highest BCUT2D eigenvalue weighted by atomic mass is 32.2. The van der Waals surface area contributed by atoms with E-state index < -0.39 is 10.0 Å². The van der Waals surface area contributed by atoms with E-state index >= 15 is 0 Å². The van der Waals surface area contributed by atoms with E-state index in [1.807, 2.05) is 0 Å². The lowest BCUT2D eigenvalue weighted by Crippen LogP contribution is -2.53. The Kier molecular flexibility index (Phi) is 5.04. The molecule has 0 N–H and O–H groups in total. The molecule has 1 atom stereocenters. The number of likely N-dealkylation sites (tertiary alicyclic amines) is 1. The fraction of sp³-hybridized carbons (Fsp3) is 0.923. The molecule has 0 radical (unpaired) electrons. The largest absolute Gasteiger partial charge is 0.339 e. The maximum Gasteiger partial charge on any atom is 0.236 e. The maximum atomic E-state index is 12.3. The van der Waals surface area contributed by atoms with E-state index in [0.29, 0.717) is 38.8 Å². The van der Waals surface area contributed by atoms with Gasteiger partial charge in [-0.2, -0.15) is 4.31 Å². The monoisotopic (exact) mass is 303 g/mol. The van der Waals surface area contributed by atoms with Crippen LogP contribution in [0.3, 0.4) is 0 Å². The number of nitrogens with zero attached hydrogens (tertiary/aromatic N) is 3. The summed E-state index contributed by atoms with van der Waals surface area (Å²) in [5.74, 6) is 0.131. The van der Waals surface area contributed by atoms with Crippen LogP contribution in [-0.4, -0.2) is 80.0 Å². The zero-order valence-corrected chi connectivity index (χ0v) is 13.2. The van der Waals surface area contributed by atoms with Gasteiger partial charge >= 0.3 is 0 Å². The number of piperazine rings is 1. The van der Waals surface area contributed by atoms with Crippen LogP contribution in [0.4, 0.5) is 0 Å². The van der Waals surface area contributed by atoms with Gasteiger partial charge in [0.2, 0.25) is 15.9 Å². The first kappa shape index (κ1) is 15.7. The van der Waals surface area contributed by atoms with Crippen molar-refractivity contribution in [3.05, 3.63) is 0 Å².